The van der Waals surface area contributed by atoms with Crippen molar-refractivity contribution in [3.8, 4) is 0 Å². The normalized spacial score (nSPS) is 29.8. The molecule has 4 unspecified atom stereocenters. The van der Waals surface area contributed by atoms with Gasteiger partial charge in [0.15, 0.2) is 23.8 Å². The molecule has 2 amide bonds. The molecule has 0 saturated carbocycles. The number of carbonyl (C=O) groups is 3. The summed E-state index contributed by atoms with van der Waals surface area (Å²) in [6, 6.07) is -0.570. The molecule has 0 aromatic heterocycles. The number of ether oxygens (including phenoxy) is 3. The van der Waals surface area contributed by atoms with Gasteiger partial charge in [-0.1, -0.05) is 13.8 Å². The van der Waals surface area contributed by atoms with E-state index in [1.54, 1.807) is 13.8 Å². The molecule has 2 aliphatic heterocycles. The molecule has 4 atom stereocenters. The van der Waals surface area contributed by atoms with Gasteiger partial charge in [-0.15, -0.1) is 0 Å². The molecule has 0 bridgehead atoms. The van der Waals surface area contributed by atoms with Gasteiger partial charge in [0.2, 0.25) is 0 Å². The van der Waals surface area contributed by atoms with Crippen LogP contribution in [0.4, 0.5) is 4.79 Å². The second-order valence-corrected chi connectivity index (χ2v) is 9.28. The van der Waals surface area contributed by atoms with E-state index in [-0.39, 0.29) is 23.4 Å². The Morgan fingerprint density at radius 2 is 1.97 bits per heavy atom. The summed E-state index contributed by atoms with van der Waals surface area (Å²) >= 11 is 3.15. The molecule has 1 fully saturated rings. The predicted molar refractivity (Wildman–Crippen MR) is 110 cm³/mol. The van der Waals surface area contributed by atoms with Crippen LogP contribution in [0.1, 0.15) is 47.0 Å². The van der Waals surface area contributed by atoms with E-state index < -0.39 is 47.4 Å². The fraction of sp³-hybridized carbons (Fsp3) is 0.750. The fourth-order valence-corrected chi connectivity index (χ4v) is 4.61. The minimum absolute atomic E-state index is 0.0532. The van der Waals surface area contributed by atoms with Crippen molar-refractivity contribution in [3.63, 3.8) is 0 Å². The van der Waals surface area contributed by atoms with Gasteiger partial charge in [0.25, 0.3) is 5.91 Å². The molecule has 170 valence electrons. The summed E-state index contributed by atoms with van der Waals surface area (Å²) in [4.78, 5) is 39.4. The van der Waals surface area contributed by atoms with Crippen LogP contribution < -0.4 is 0 Å². The van der Waals surface area contributed by atoms with Crippen LogP contribution in [0, 0.1) is 5.92 Å². The second kappa shape index (κ2) is 9.44. The number of hydrogen-bond donors (Lipinski definition) is 2. The van der Waals surface area contributed by atoms with Crippen LogP contribution >= 0.6 is 15.9 Å². The molecule has 2 heterocycles. The van der Waals surface area contributed by atoms with Gasteiger partial charge in [-0.25, -0.2) is 9.69 Å². The number of carbonyl (C=O) groups excluding carboxylic acids is 3. The Kier molecular flexibility index (Phi) is 7.84. The minimum atomic E-state index is -1.85. The number of hydrogen-bond acceptors (Lipinski definition) is 8. The average molecular weight is 492 g/mol. The average Bonchev–Trinajstić information content (AvgIpc) is 2.88. The molecular formula is C20H30BrNO8. The molecule has 0 aliphatic carbocycles. The maximum Gasteiger partial charge on any atom is 0.417 e. The lowest BCUT2D eigenvalue weighted by atomic mass is 9.88. The highest BCUT2D eigenvalue weighted by Gasteiger charge is 2.55. The van der Waals surface area contributed by atoms with Crippen molar-refractivity contribution < 1.29 is 38.8 Å². The highest BCUT2D eigenvalue weighted by atomic mass is 79.9. The van der Waals surface area contributed by atoms with Crippen molar-refractivity contribution in [2.75, 3.05) is 13.7 Å². The SMILES string of the molecule is COC(C(=O)N1C(=O)OC(C)(C)C1C(C)C)C1OC(O)(CCCCO)C(Br)=CC1=O. The Balaban J connectivity index is 2.33. The number of amides is 2. The zero-order valence-electron chi connectivity index (χ0n) is 17.9. The minimum Gasteiger partial charge on any atom is -0.441 e. The van der Waals surface area contributed by atoms with E-state index in [0.29, 0.717) is 12.8 Å². The van der Waals surface area contributed by atoms with Gasteiger partial charge in [0, 0.05) is 20.1 Å². The van der Waals surface area contributed by atoms with E-state index in [0.717, 1.165) is 11.0 Å². The predicted octanol–water partition coefficient (Wildman–Crippen LogP) is 1.88. The van der Waals surface area contributed by atoms with Gasteiger partial charge >= 0.3 is 6.09 Å². The van der Waals surface area contributed by atoms with Crippen LogP contribution in [0.25, 0.3) is 0 Å². The monoisotopic (exact) mass is 491 g/mol. The summed E-state index contributed by atoms with van der Waals surface area (Å²) in [6.07, 6.45) is -1.63. The third-order valence-corrected chi connectivity index (χ3v) is 6.20. The number of rotatable bonds is 8. The summed E-state index contributed by atoms with van der Waals surface area (Å²) in [5.41, 5.74) is -0.912. The first kappa shape index (κ1) is 24.9. The fourth-order valence-electron chi connectivity index (χ4n) is 4.09. The first-order chi connectivity index (χ1) is 13.9. The molecule has 0 aromatic rings. The van der Waals surface area contributed by atoms with E-state index in [4.69, 9.17) is 19.3 Å². The summed E-state index contributed by atoms with van der Waals surface area (Å²) in [5, 5.41) is 19.9. The Morgan fingerprint density at radius 3 is 2.50 bits per heavy atom. The van der Waals surface area contributed by atoms with E-state index in [1.807, 2.05) is 13.8 Å². The quantitative estimate of drug-likeness (QED) is 0.493. The van der Waals surface area contributed by atoms with Crippen molar-refractivity contribution in [1.29, 1.82) is 0 Å². The smallest absolute Gasteiger partial charge is 0.417 e. The zero-order valence-corrected chi connectivity index (χ0v) is 19.5. The molecular weight excluding hydrogens is 462 g/mol. The number of ketones is 1. The Labute approximate surface area is 184 Å². The maximum absolute atomic E-state index is 13.3. The lowest BCUT2D eigenvalue weighted by molar-refractivity contribution is -0.227. The molecule has 0 radical (unpaired) electrons. The number of imide groups is 1. The van der Waals surface area contributed by atoms with Crippen molar-refractivity contribution in [2.24, 2.45) is 5.92 Å². The summed E-state index contributed by atoms with van der Waals surface area (Å²) in [7, 11) is 1.23. The second-order valence-electron chi connectivity index (χ2n) is 8.42. The van der Waals surface area contributed by atoms with E-state index in [9.17, 15) is 19.5 Å². The zero-order chi connectivity index (χ0) is 22.9. The number of methoxy groups -OCH3 is 1. The lowest BCUT2D eigenvalue weighted by Gasteiger charge is -2.38. The first-order valence-corrected chi connectivity index (χ1v) is 10.7. The number of unbranched alkanes of at least 4 members (excludes halogenated alkanes) is 1. The first-order valence-electron chi connectivity index (χ1n) is 9.91. The van der Waals surface area contributed by atoms with Crippen LogP contribution in [-0.2, 0) is 23.8 Å². The van der Waals surface area contributed by atoms with Crippen LogP contribution in [0.2, 0.25) is 0 Å². The molecule has 2 N–H and O–H groups in total. The molecule has 0 aromatic carbocycles. The van der Waals surface area contributed by atoms with Gasteiger partial charge < -0.3 is 24.4 Å². The summed E-state index contributed by atoms with van der Waals surface area (Å²) in [6.45, 7) is 7.10. The molecule has 9 nitrogen and oxygen atoms in total. The topological polar surface area (TPSA) is 123 Å². The number of aliphatic hydroxyl groups is 2. The van der Waals surface area contributed by atoms with Crippen molar-refractivity contribution in [1.82, 2.24) is 4.90 Å². The lowest BCUT2D eigenvalue weighted by Crippen LogP contribution is -2.58. The number of nitrogens with zero attached hydrogens (tertiary/aromatic N) is 1. The molecule has 1 saturated heterocycles. The van der Waals surface area contributed by atoms with Gasteiger partial charge in [-0.3, -0.25) is 9.59 Å². The van der Waals surface area contributed by atoms with Crippen molar-refractivity contribution >= 4 is 33.7 Å². The third kappa shape index (κ3) is 4.77. The number of halogens is 1. The standard InChI is InChI=1S/C20H30BrNO8/c1-11(2)16-19(3,4)30-18(26)22(16)17(25)15(28-5)14-12(24)10-13(21)20(27,29-14)8-6-7-9-23/h10-11,14-16,23,27H,6-9H2,1-5H3. The van der Waals surface area contributed by atoms with Crippen LogP contribution in [-0.4, -0.2) is 76.3 Å². The summed E-state index contributed by atoms with van der Waals surface area (Å²) < 4.78 is 16.4. The largest absolute Gasteiger partial charge is 0.441 e. The third-order valence-electron chi connectivity index (χ3n) is 5.35. The van der Waals surface area contributed by atoms with Gasteiger partial charge in [0.05, 0.1) is 10.5 Å². The summed E-state index contributed by atoms with van der Waals surface area (Å²) in [5.74, 6) is -3.32. The highest BCUT2D eigenvalue weighted by molar-refractivity contribution is 9.11. The number of aliphatic hydroxyl groups excluding tert-OH is 1. The highest BCUT2D eigenvalue weighted by Crippen LogP contribution is 2.38. The van der Waals surface area contributed by atoms with Crippen LogP contribution in [0.3, 0.4) is 0 Å². The van der Waals surface area contributed by atoms with Crippen LogP contribution in [0.15, 0.2) is 10.6 Å². The Morgan fingerprint density at radius 1 is 1.33 bits per heavy atom. The molecule has 0 spiro atoms. The van der Waals surface area contributed by atoms with Gasteiger partial charge in [-0.05, 0) is 54.6 Å². The molecule has 30 heavy (non-hydrogen) atoms. The molecule has 2 aliphatic rings. The van der Waals surface area contributed by atoms with E-state index >= 15 is 0 Å². The van der Waals surface area contributed by atoms with Crippen molar-refractivity contribution in [3.05, 3.63) is 10.6 Å². The Hall–Kier alpha value is -1.33. The Bertz CT molecular complexity index is 722. The van der Waals surface area contributed by atoms with Crippen LogP contribution in [0.5, 0.6) is 0 Å². The molecule has 10 heteroatoms. The van der Waals surface area contributed by atoms with Crippen molar-refractivity contribution in [2.45, 2.75) is 76.6 Å². The van der Waals surface area contributed by atoms with Gasteiger partial charge in [0.1, 0.15) is 5.60 Å². The van der Waals surface area contributed by atoms with Gasteiger partial charge in [-0.2, -0.15) is 0 Å². The van der Waals surface area contributed by atoms with E-state index in [1.165, 1.54) is 7.11 Å². The molecule has 2 rings (SSSR count). The van der Waals surface area contributed by atoms with E-state index in [2.05, 4.69) is 15.9 Å². The maximum atomic E-state index is 13.3. The number of cyclic esters (lactones) is 1.